The molecule has 0 saturated carbocycles. The highest BCUT2D eigenvalue weighted by molar-refractivity contribution is 7.99. The number of nitrogens with one attached hydrogen (secondary N) is 1. The molecule has 1 aromatic rings. The summed E-state index contributed by atoms with van der Waals surface area (Å²) in [6.07, 6.45) is -0.0676. The maximum atomic E-state index is 11.6. The molecule has 0 radical (unpaired) electrons. The fourth-order valence-corrected chi connectivity index (χ4v) is 2.75. The molecule has 2 atom stereocenters. The lowest BCUT2D eigenvalue weighted by Gasteiger charge is -2.14. The molecule has 1 amide bonds. The van der Waals surface area contributed by atoms with Crippen LogP contribution in [0.5, 0.6) is 11.5 Å². The third-order valence-corrected chi connectivity index (χ3v) is 4.20. The van der Waals surface area contributed by atoms with Crippen molar-refractivity contribution in [3.8, 4) is 11.5 Å². The number of carboxylic acid groups (broad SMARTS) is 2. The minimum absolute atomic E-state index is 0.00705. The summed E-state index contributed by atoms with van der Waals surface area (Å²) in [6, 6.07) is 0.410. The summed E-state index contributed by atoms with van der Waals surface area (Å²) in [5.41, 5.74) is 11.5. The number of phenolic OH excluding ortho intramolecular Hbond substituents is 2. The molecule has 11 heteroatoms. The van der Waals surface area contributed by atoms with E-state index < -0.39 is 48.0 Å². The molecular weight excluding hydrogens is 354 g/mol. The number of nitrogens with two attached hydrogens (primary N) is 2. The number of hydrogen-bond acceptors (Lipinski definition) is 8. The number of thioether (sulfide) groups is 1. The van der Waals surface area contributed by atoms with Gasteiger partial charge in [0.1, 0.15) is 12.6 Å². The standard InChI is InChI=1S/C14H19N3O7S/c15-7(14(23)24)1-6-2-9(18)12(21)10(3-6)25-5-8(16)13(22)17-4-11(19)20/h2-3,7-8,18,21H,1,4-5,15-16H2,(H,17,22)(H,19,20)(H,23,24). The molecule has 0 fully saturated rings. The van der Waals surface area contributed by atoms with Gasteiger partial charge in [0.2, 0.25) is 5.91 Å². The normalized spacial score (nSPS) is 13.0. The van der Waals surface area contributed by atoms with Crippen LogP contribution >= 0.6 is 11.8 Å². The minimum Gasteiger partial charge on any atom is -0.504 e. The molecule has 0 aromatic heterocycles. The second-order valence-electron chi connectivity index (χ2n) is 5.14. The van der Waals surface area contributed by atoms with Gasteiger partial charge in [-0.05, 0) is 24.1 Å². The first-order chi connectivity index (χ1) is 11.6. The highest BCUT2D eigenvalue weighted by Gasteiger charge is 2.19. The molecule has 0 heterocycles. The molecule has 25 heavy (non-hydrogen) atoms. The molecule has 0 spiro atoms. The number of aromatic hydroxyl groups is 2. The van der Waals surface area contributed by atoms with Crippen molar-refractivity contribution >= 4 is 29.6 Å². The lowest BCUT2D eigenvalue weighted by Crippen LogP contribution is -2.44. The monoisotopic (exact) mass is 373 g/mol. The summed E-state index contributed by atoms with van der Waals surface area (Å²) in [5, 5.41) is 39.0. The molecule has 0 bridgehead atoms. The predicted molar refractivity (Wildman–Crippen MR) is 88.4 cm³/mol. The zero-order valence-electron chi connectivity index (χ0n) is 13.0. The predicted octanol–water partition coefficient (Wildman–Crippen LogP) is -1.33. The quantitative estimate of drug-likeness (QED) is 0.201. The van der Waals surface area contributed by atoms with Gasteiger partial charge in [-0.3, -0.25) is 14.4 Å². The van der Waals surface area contributed by atoms with Gasteiger partial charge in [-0.1, -0.05) is 0 Å². The summed E-state index contributed by atoms with van der Waals surface area (Å²) < 4.78 is 0. The van der Waals surface area contributed by atoms with Crippen LogP contribution in [0.15, 0.2) is 17.0 Å². The zero-order chi connectivity index (χ0) is 19.1. The Hall–Kier alpha value is -2.50. The van der Waals surface area contributed by atoms with Crippen LogP contribution in [0.1, 0.15) is 5.56 Å². The van der Waals surface area contributed by atoms with E-state index in [4.69, 9.17) is 21.7 Å². The van der Waals surface area contributed by atoms with Crippen molar-refractivity contribution in [3.63, 3.8) is 0 Å². The Bertz CT molecular complexity index is 668. The molecule has 1 rings (SSSR count). The Morgan fingerprint density at radius 3 is 2.32 bits per heavy atom. The number of aliphatic carboxylic acids is 2. The Balaban J connectivity index is 2.77. The number of hydrogen-bond donors (Lipinski definition) is 7. The molecular formula is C14H19N3O7S. The van der Waals surface area contributed by atoms with E-state index in [1.807, 2.05) is 0 Å². The van der Waals surface area contributed by atoms with Gasteiger partial charge in [-0.15, -0.1) is 11.8 Å². The van der Waals surface area contributed by atoms with E-state index in [-0.39, 0.29) is 17.1 Å². The van der Waals surface area contributed by atoms with Crippen molar-refractivity contribution in [1.82, 2.24) is 5.32 Å². The molecule has 0 aliphatic heterocycles. The highest BCUT2D eigenvalue weighted by atomic mass is 32.2. The molecule has 0 saturated heterocycles. The van der Waals surface area contributed by atoms with E-state index in [1.54, 1.807) is 0 Å². The lowest BCUT2D eigenvalue weighted by molar-refractivity contribution is -0.138. The van der Waals surface area contributed by atoms with Gasteiger partial charge in [-0.2, -0.15) is 0 Å². The number of phenols is 2. The van der Waals surface area contributed by atoms with Crippen molar-refractivity contribution in [2.24, 2.45) is 11.5 Å². The van der Waals surface area contributed by atoms with Gasteiger partial charge in [0, 0.05) is 5.75 Å². The number of benzene rings is 1. The van der Waals surface area contributed by atoms with Crippen molar-refractivity contribution in [2.75, 3.05) is 12.3 Å². The van der Waals surface area contributed by atoms with Gasteiger partial charge in [0.25, 0.3) is 0 Å². The second-order valence-corrected chi connectivity index (χ2v) is 6.20. The van der Waals surface area contributed by atoms with E-state index in [9.17, 15) is 24.6 Å². The van der Waals surface area contributed by atoms with Gasteiger partial charge in [0.15, 0.2) is 11.5 Å². The number of carboxylic acids is 2. The minimum atomic E-state index is -1.21. The molecule has 1 aromatic carbocycles. The Morgan fingerprint density at radius 2 is 1.76 bits per heavy atom. The maximum Gasteiger partial charge on any atom is 0.322 e. The van der Waals surface area contributed by atoms with Crippen LogP contribution in [0.25, 0.3) is 0 Å². The number of amides is 1. The topological polar surface area (TPSA) is 196 Å². The van der Waals surface area contributed by atoms with Gasteiger partial charge in [-0.25, -0.2) is 0 Å². The number of carbonyl (C=O) groups is 3. The second kappa shape index (κ2) is 9.11. The number of rotatable bonds is 9. The molecule has 0 aliphatic rings. The van der Waals surface area contributed by atoms with Crippen LogP contribution in [0.2, 0.25) is 0 Å². The number of carbonyl (C=O) groups excluding carboxylic acids is 1. The van der Waals surface area contributed by atoms with E-state index in [0.29, 0.717) is 5.56 Å². The van der Waals surface area contributed by atoms with E-state index >= 15 is 0 Å². The molecule has 10 nitrogen and oxygen atoms in total. The Kier molecular flexibility index (Phi) is 7.48. The Morgan fingerprint density at radius 1 is 1.12 bits per heavy atom. The first-order valence-electron chi connectivity index (χ1n) is 7.03. The van der Waals surface area contributed by atoms with Crippen LogP contribution in [0, 0.1) is 0 Å². The van der Waals surface area contributed by atoms with Crippen molar-refractivity contribution in [2.45, 2.75) is 23.4 Å². The maximum absolute atomic E-state index is 11.6. The summed E-state index contributed by atoms with van der Waals surface area (Å²) in [5.74, 6) is -4.00. The molecule has 2 unspecified atom stereocenters. The SMILES string of the molecule is NC(Cc1cc(O)c(O)c(SCC(N)C(=O)NCC(=O)O)c1)C(=O)O. The Labute approximate surface area is 146 Å². The van der Waals surface area contributed by atoms with E-state index in [0.717, 1.165) is 11.8 Å². The first kappa shape index (κ1) is 20.5. The first-order valence-corrected chi connectivity index (χ1v) is 8.01. The van der Waals surface area contributed by atoms with Crippen LogP contribution in [-0.4, -0.2) is 62.7 Å². The molecule has 138 valence electrons. The zero-order valence-corrected chi connectivity index (χ0v) is 13.8. The van der Waals surface area contributed by atoms with Crippen molar-refractivity contribution in [3.05, 3.63) is 17.7 Å². The third-order valence-electron chi connectivity index (χ3n) is 3.06. The van der Waals surface area contributed by atoms with Crippen LogP contribution in [-0.2, 0) is 20.8 Å². The summed E-state index contributed by atoms with van der Waals surface area (Å²) in [7, 11) is 0. The van der Waals surface area contributed by atoms with Gasteiger partial charge < -0.3 is 37.2 Å². The van der Waals surface area contributed by atoms with Crippen LogP contribution in [0.4, 0.5) is 0 Å². The largest absolute Gasteiger partial charge is 0.504 e. The van der Waals surface area contributed by atoms with Crippen LogP contribution < -0.4 is 16.8 Å². The average molecular weight is 373 g/mol. The fraction of sp³-hybridized carbons (Fsp3) is 0.357. The van der Waals surface area contributed by atoms with Gasteiger partial charge >= 0.3 is 11.9 Å². The molecule has 0 aliphatic carbocycles. The van der Waals surface area contributed by atoms with Crippen molar-refractivity contribution in [1.29, 1.82) is 0 Å². The fourth-order valence-electron chi connectivity index (χ4n) is 1.77. The molecule has 9 N–H and O–H groups in total. The van der Waals surface area contributed by atoms with Crippen LogP contribution in [0.3, 0.4) is 0 Å². The summed E-state index contributed by atoms with van der Waals surface area (Å²) in [4.78, 5) is 33.0. The third kappa shape index (κ3) is 6.49. The van der Waals surface area contributed by atoms with Gasteiger partial charge in [0.05, 0.1) is 10.9 Å². The van der Waals surface area contributed by atoms with E-state index in [1.165, 1.54) is 12.1 Å². The average Bonchev–Trinajstić information content (AvgIpc) is 2.53. The smallest absolute Gasteiger partial charge is 0.322 e. The lowest BCUT2D eigenvalue weighted by atomic mass is 10.1. The van der Waals surface area contributed by atoms with E-state index in [2.05, 4.69) is 5.32 Å². The highest BCUT2D eigenvalue weighted by Crippen LogP contribution is 2.37. The summed E-state index contributed by atoms with van der Waals surface area (Å²) >= 11 is 0.950. The van der Waals surface area contributed by atoms with Crippen molar-refractivity contribution < 1.29 is 34.8 Å². The summed E-state index contributed by atoms with van der Waals surface area (Å²) in [6.45, 7) is -0.564.